The van der Waals surface area contributed by atoms with Gasteiger partial charge in [0.1, 0.15) is 5.03 Å². The van der Waals surface area contributed by atoms with E-state index in [1.165, 1.54) is 4.80 Å². The van der Waals surface area contributed by atoms with Gasteiger partial charge in [-0.1, -0.05) is 18.2 Å². The third-order valence-electron chi connectivity index (χ3n) is 2.72. The van der Waals surface area contributed by atoms with Crippen LogP contribution in [0.15, 0.2) is 41.6 Å². The second-order valence-electron chi connectivity index (χ2n) is 3.93. The maximum Gasteiger partial charge on any atom is 0.209 e. The van der Waals surface area contributed by atoms with Crippen molar-refractivity contribution in [3.05, 3.63) is 36.5 Å². The van der Waals surface area contributed by atoms with Gasteiger partial charge >= 0.3 is 0 Å². The summed E-state index contributed by atoms with van der Waals surface area (Å²) in [7, 11) is 0. The first-order valence-corrected chi connectivity index (χ1v) is 6.35. The Labute approximate surface area is 115 Å². The SMILES string of the molecule is CCn1nnc(-c2cnn(-c3ccccc3)c2S)n1. The summed E-state index contributed by atoms with van der Waals surface area (Å²) in [5, 5.41) is 17.2. The van der Waals surface area contributed by atoms with E-state index in [0.717, 1.165) is 11.3 Å². The van der Waals surface area contributed by atoms with Crippen LogP contribution in [-0.4, -0.2) is 30.0 Å². The van der Waals surface area contributed by atoms with Crippen molar-refractivity contribution >= 4 is 12.6 Å². The molecule has 0 amide bonds. The lowest BCUT2D eigenvalue weighted by atomic mass is 10.3. The number of nitrogens with zero attached hydrogens (tertiary/aromatic N) is 6. The zero-order valence-electron chi connectivity index (χ0n) is 10.3. The molecule has 6 nitrogen and oxygen atoms in total. The topological polar surface area (TPSA) is 61.4 Å². The van der Waals surface area contributed by atoms with Gasteiger partial charge in [0.05, 0.1) is 24.0 Å². The molecule has 7 heteroatoms. The van der Waals surface area contributed by atoms with E-state index in [4.69, 9.17) is 0 Å². The Kier molecular flexibility index (Phi) is 3.04. The summed E-state index contributed by atoms with van der Waals surface area (Å²) >= 11 is 4.51. The highest BCUT2D eigenvalue weighted by Gasteiger charge is 2.14. The van der Waals surface area contributed by atoms with Crippen molar-refractivity contribution < 1.29 is 0 Å². The van der Waals surface area contributed by atoms with Crippen LogP contribution in [0, 0.1) is 0 Å². The molecule has 0 N–H and O–H groups in total. The van der Waals surface area contributed by atoms with E-state index in [9.17, 15) is 0 Å². The first-order valence-electron chi connectivity index (χ1n) is 5.90. The van der Waals surface area contributed by atoms with E-state index in [0.29, 0.717) is 17.4 Å². The van der Waals surface area contributed by atoms with E-state index in [2.05, 4.69) is 33.1 Å². The zero-order chi connectivity index (χ0) is 13.2. The highest BCUT2D eigenvalue weighted by atomic mass is 32.1. The fraction of sp³-hybridized carbons (Fsp3) is 0.167. The largest absolute Gasteiger partial charge is 0.227 e. The average Bonchev–Trinajstić information content (AvgIpc) is 3.06. The Morgan fingerprint density at radius 2 is 2.00 bits per heavy atom. The highest BCUT2D eigenvalue weighted by molar-refractivity contribution is 7.80. The van der Waals surface area contributed by atoms with Gasteiger partial charge < -0.3 is 0 Å². The monoisotopic (exact) mass is 272 g/mol. The minimum atomic E-state index is 0.536. The van der Waals surface area contributed by atoms with E-state index >= 15 is 0 Å². The second kappa shape index (κ2) is 4.85. The Hall–Kier alpha value is -2.15. The lowest BCUT2D eigenvalue weighted by Gasteiger charge is -2.02. The summed E-state index contributed by atoms with van der Waals surface area (Å²) in [4.78, 5) is 1.53. The fourth-order valence-corrected chi connectivity index (χ4v) is 2.07. The van der Waals surface area contributed by atoms with Gasteiger partial charge in [-0.2, -0.15) is 9.90 Å². The van der Waals surface area contributed by atoms with Gasteiger partial charge in [-0.15, -0.1) is 22.8 Å². The average molecular weight is 272 g/mol. The van der Waals surface area contributed by atoms with Gasteiger partial charge in [0, 0.05) is 0 Å². The number of thiol groups is 1. The maximum absolute atomic E-state index is 4.51. The number of aryl methyl sites for hydroxylation is 1. The summed E-state index contributed by atoms with van der Waals surface area (Å²) in [5.41, 5.74) is 1.72. The van der Waals surface area contributed by atoms with Crippen LogP contribution < -0.4 is 0 Å². The molecule has 3 rings (SSSR count). The summed E-state index contributed by atoms with van der Waals surface area (Å²) in [5.74, 6) is 0.536. The molecule has 0 atom stereocenters. The molecule has 19 heavy (non-hydrogen) atoms. The molecular weight excluding hydrogens is 260 g/mol. The molecule has 0 aliphatic carbocycles. The van der Waals surface area contributed by atoms with Crippen LogP contribution in [0.1, 0.15) is 6.92 Å². The first-order chi connectivity index (χ1) is 9.29. The van der Waals surface area contributed by atoms with Crippen molar-refractivity contribution in [1.82, 2.24) is 30.0 Å². The van der Waals surface area contributed by atoms with Crippen LogP contribution in [0.25, 0.3) is 17.1 Å². The molecule has 1 aromatic carbocycles. The quantitative estimate of drug-likeness (QED) is 0.739. The number of benzene rings is 1. The van der Waals surface area contributed by atoms with Crippen molar-refractivity contribution in [2.45, 2.75) is 18.5 Å². The Morgan fingerprint density at radius 1 is 1.21 bits per heavy atom. The van der Waals surface area contributed by atoms with Crippen LogP contribution in [0.4, 0.5) is 0 Å². The van der Waals surface area contributed by atoms with Crippen molar-refractivity contribution in [3.8, 4) is 17.1 Å². The van der Waals surface area contributed by atoms with E-state index in [1.807, 2.05) is 37.3 Å². The molecular formula is C12H12N6S. The summed E-state index contributed by atoms with van der Waals surface area (Å²) in [6.07, 6.45) is 1.70. The van der Waals surface area contributed by atoms with E-state index in [1.54, 1.807) is 10.9 Å². The minimum absolute atomic E-state index is 0.536. The molecule has 0 radical (unpaired) electrons. The van der Waals surface area contributed by atoms with E-state index < -0.39 is 0 Å². The van der Waals surface area contributed by atoms with Crippen LogP contribution in [-0.2, 0) is 6.54 Å². The number of rotatable bonds is 3. The third kappa shape index (κ3) is 2.12. The van der Waals surface area contributed by atoms with Gasteiger partial charge in [-0.05, 0) is 24.3 Å². The molecule has 3 aromatic rings. The maximum atomic E-state index is 4.51. The van der Waals surface area contributed by atoms with Gasteiger partial charge in [0.15, 0.2) is 0 Å². The summed E-state index contributed by atoms with van der Waals surface area (Å²) in [6, 6.07) is 9.80. The van der Waals surface area contributed by atoms with Crippen LogP contribution in [0.3, 0.4) is 0 Å². The molecule has 0 bridgehead atoms. The molecule has 2 aromatic heterocycles. The molecule has 0 fully saturated rings. The minimum Gasteiger partial charge on any atom is -0.227 e. The lowest BCUT2D eigenvalue weighted by molar-refractivity contribution is 0.552. The molecule has 0 unspecified atom stereocenters. The number of para-hydroxylation sites is 1. The van der Waals surface area contributed by atoms with Gasteiger partial charge in [0.25, 0.3) is 0 Å². The summed E-state index contributed by atoms with van der Waals surface area (Å²) < 4.78 is 1.74. The molecule has 0 aliphatic heterocycles. The van der Waals surface area contributed by atoms with Gasteiger partial charge in [-0.25, -0.2) is 4.68 Å². The third-order valence-corrected chi connectivity index (χ3v) is 3.15. The van der Waals surface area contributed by atoms with Crippen LogP contribution >= 0.6 is 12.6 Å². The number of aromatic nitrogens is 6. The van der Waals surface area contributed by atoms with Crippen LogP contribution in [0.5, 0.6) is 0 Å². The van der Waals surface area contributed by atoms with Crippen molar-refractivity contribution in [2.24, 2.45) is 0 Å². The van der Waals surface area contributed by atoms with Crippen molar-refractivity contribution in [3.63, 3.8) is 0 Å². The number of hydrogen-bond acceptors (Lipinski definition) is 5. The number of hydrogen-bond donors (Lipinski definition) is 1. The second-order valence-corrected chi connectivity index (χ2v) is 4.35. The normalized spacial score (nSPS) is 10.8. The highest BCUT2D eigenvalue weighted by Crippen LogP contribution is 2.25. The van der Waals surface area contributed by atoms with Crippen LogP contribution in [0.2, 0.25) is 0 Å². The predicted molar refractivity (Wildman–Crippen MR) is 73.3 cm³/mol. The van der Waals surface area contributed by atoms with Crippen molar-refractivity contribution in [2.75, 3.05) is 0 Å². The first kappa shape index (κ1) is 11.9. The van der Waals surface area contributed by atoms with Gasteiger partial charge in [0.2, 0.25) is 5.82 Å². The van der Waals surface area contributed by atoms with Gasteiger partial charge in [-0.3, -0.25) is 0 Å². The zero-order valence-corrected chi connectivity index (χ0v) is 11.2. The fourth-order valence-electron chi connectivity index (χ4n) is 1.74. The lowest BCUT2D eigenvalue weighted by Crippen LogP contribution is -1.98. The molecule has 0 saturated heterocycles. The molecule has 96 valence electrons. The Morgan fingerprint density at radius 3 is 2.68 bits per heavy atom. The molecule has 0 aliphatic rings. The smallest absolute Gasteiger partial charge is 0.209 e. The summed E-state index contributed by atoms with van der Waals surface area (Å²) in [6.45, 7) is 2.64. The van der Waals surface area contributed by atoms with Crippen molar-refractivity contribution in [1.29, 1.82) is 0 Å². The molecule has 2 heterocycles. The van der Waals surface area contributed by atoms with E-state index in [-0.39, 0.29) is 0 Å². The molecule has 0 spiro atoms. The predicted octanol–water partition coefficient (Wildman–Crippen LogP) is 1.83. The standard InChI is InChI=1S/C12H12N6S/c1-2-17-15-11(14-16-17)10-8-13-18(12(10)19)9-6-4-3-5-7-9/h3-8,19H,2H2,1H3. The Balaban J connectivity index is 2.04. The Bertz CT molecular complexity index is 687. The molecule has 0 saturated carbocycles. The number of tetrazole rings is 1.